The molecular formula is C24H32N8O3S. The lowest BCUT2D eigenvalue weighted by Gasteiger charge is -2.20. The highest BCUT2D eigenvalue weighted by Crippen LogP contribution is 2.13. The minimum Gasteiger partial charge on any atom is -0.352 e. The molecule has 1 aliphatic rings. The highest BCUT2D eigenvalue weighted by Gasteiger charge is 2.25. The van der Waals surface area contributed by atoms with E-state index in [4.69, 9.17) is 0 Å². The molecule has 2 amide bonds. The third kappa shape index (κ3) is 6.57. The van der Waals surface area contributed by atoms with E-state index in [9.17, 15) is 19.6 Å². The maximum atomic E-state index is 12.8. The van der Waals surface area contributed by atoms with Gasteiger partial charge in [-0.3, -0.25) is 23.9 Å². The maximum Gasteiger partial charge on any atom is 0.270 e. The number of nitrogens with zero attached hydrogens (tertiary/aromatic N) is 5. The van der Waals surface area contributed by atoms with Crippen molar-refractivity contribution in [3.63, 3.8) is 0 Å². The summed E-state index contributed by atoms with van der Waals surface area (Å²) in [6.07, 6.45) is 2.53. The van der Waals surface area contributed by atoms with E-state index in [-0.39, 0.29) is 17.0 Å². The molecule has 0 radical (unpaired) electrons. The number of hydrogen-bond acceptors (Lipinski definition) is 9. The Bertz CT molecular complexity index is 1320. The predicted molar refractivity (Wildman–Crippen MR) is 141 cm³/mol. The number of nitrogens with one attached hydrogen (secondary N) is 3. The normalized spacial score (nSPS) is 17.1. The van der Waals surface area contributed by atoms with E-state index < -0.39 is 5.91 Å². The first-order valence-electron chi connectivity index (χ1n) is 11.8. The average Bonchev–Trinajstić information content (AvgIpc) is 3.43. The Morgan fingerprint density at radius 2 is 2.06 bits per heavy atom. The van der Waals surface area contributed by atoms with Gasteiger partial charge in [-0.15, -0.1) is 11.3 Å². The molecule has 0 spiro atoms. The second kappa shape index (κ2) is 12.4. The summed E-state index contributed by atoms with van der Waals surface area (Å²) < 4.78 is 2.02. The van der Waals surface area contributed by atoms with Crippen molar-refractivity contribution in [2.45, 2.75) is 32.9 Å². The topological polar surface area (TPSA) is 135 Å². The Balaban J connectivity index is 1.75. The van der Waals surface area contributed by atoms with Gasteiger partial charge in [0.2, 0.25) is 5.91 Å². The molecule has 0 aromatic carbocycles. The highest BCUT2D eigenvalue weighted by molar-refractivity contribution is 7.07. The molecule has 1 saturated heterocycles. The molecular weight excluding hydrogens is 480 g/mol. The van der Waals surface area contributed by atoms with Crippen LogP contribution in [-0.2, 0) is 16.1 Å². The van der Waals surface area contributed by atoms with E-state index in [2.05, 4.69) is 30.7 Å². The summed E-state index contributed by atoms with van der Waals surface area (Å²) in [5.41, 5.74) is -0.411. The summed E-state index contributed by atoms with van der Waals surface area (Å²) >= 11 is 1.06. The summed E-state index contributed by atoms with van der Waals surface area (Å²) in [5.74, 6) is 0.184. The molecule has 0 aliphatic carbocycles. The summed E-state index contributed by atoms with van der Waals surface area (Å²) in [4.78, 5) is 46.3. The number of nitriles is 1. The second-order valence-corrected chi connectivity index (χ2v) is 9.58. The zero-order chi connectivity index (χ0) is 26.2. The number of amides is 2. The number of likely N-dealkylation sites (tertiary alicyclic amines) is 1. The van der Waals surface area contributed by atoms with Gasteiger partial charge in [-0.25, -0.2) is 4.98 Å². The third-order valence-corrected chi connectivity index (χ3v) is 6.96. The summed E-state index contributed by atoms with van der Waals surface area (Å²) in [5, 5.41) is 17.9. The van der Waals surface area contributed by atoms with Gasteiger partial charge in [-0.1, -0.05) is 6.07 Å². The Kier molecular flexibility index (Phi) is 9.35. The molecule has 2 aromatic heterocycles. The van der Waals surface area contributed by atoms with Crippen molar-refractivity contribution in [3.8, 4) is 6.07 Å². The van der Waals surface area contributed by atoms with Crippen LogP contribution in [0.5, 0.6) is 0 Å². The molecule has 1 fully saturated rings. The standard InChI is InChI=1S/C24H32N8O3S/c1-5-26-22(34)17(12-25)24-32(6-2)23(35)18(36-24)13-27-19-8-7-9-20(28-19)29-21(33)15-31-11-10-16(14-31)30(3)4/h7-9,13,16H,5-6,10-11,14-15H2,1-4H3,(H,26,34)(H2,27,28,29,33). The zero-order valence-corrected chi connectivity index (χ0v) is 21.8. The molecule has 0 bridgehead atoms. The molecule has 1 unspecified atom stereocenters. The van der Waals surface area contributed by atoms with Crippen molar-refractivity contribution >= 4 is 46.6 Å². The van der Waals surface area contributed by atoms with Gasteiger partial charge in [-0.2, -0.15) is 5.26 Å². The highest BCUT2D eigenvalue weighted by atomic mass is 32.1. The quantitative estimate of drug-likeness (QED) is 0.412. The second-order valence-electron chi connectivity index (χ2n) is 8.55. The number of carbonyl (C=O) groups excluding carboxylic acids is 2. The third-order valence-electron chi connectivity index (χ3n) is 5.83. The lowest BCUT2D eigenvalue weighted by Crippen LogP contribution is -2.35. The smallest absolute Gasteiger partial charge is 0.270 e. The average molecular weight is 513 g/mol. The molecule has 1 atom stereocenters. The molecule has 3 N–H and O–H groups in total. The van der Waals surface area contributed by atoms with Gasteiger partial charge in [-0.05, 0) is 46.5 Å². The minimum absolute atomic E-state index is 0.0989. The minimum atomic E-state index is -0.515. The molecule has 36 heavy (non-hydrogen) atoms. The zero-order valence-electron chi connectivity index (χ0n) is 21.0. The molecule has 11 nitrogen and oxygen atoms in total. The van der Waals surface area contributed by atoms with Gasteiger partial charge >= 0.3 is 0 Å². The molecule has 192 valence electrons. The van der Waals surface area contributed by atoms with Crippen LogP contribution in [0.3, 0.4) is 0 Å². The first-order chi connectivity index (χ1) is 17.3. The van der Waals surface area contributed by atoms with Gasteiger partial charge < -0.3 is 20.9 Å². The van der Waals surface area contributed by atoms with Crippen molar-refractivity contribution in [1.82, 2.24) is 24.7 Å². The van der Waals surface area contributed by atoms with Crippen molar-refractivity contribution in [2.24, 2.45) is 0 Å². The van der Waals surface area contributed by atoms with Crippen molar-refractivity contribution in [1.29, 1.82) is 5.26 Å². The fourth-order valence-electron chi connectivity index (χ4n) is 3.92. The molecule has 3 rings (SSSR count). The fraction of sp³-hybridized carbons (Fsp3) is 0.458. The molecule has 12 heteroatoms. The van der Waals surface area contributed by atoms with Crippen molar-refractivity contribution in [2.75, 3.05) is 50.9 Å². The molecule has 1 aliphatic heterocycles. The monoisotopic (exact) mass is 512 g/mol. The van der Waals surface area contributed by atoms with Crippen molar-refractivity contribution < 1.29 is 9.59 Å². The molecule has 3 heterocycles. The predicted octanol–water partition coefficient (Wildman–Crippen LogP) is -0.440. The number of hydrogen-bond donors (Lipinski definition) is 3. The van der Waals surface area contributed by atoms with Crippen molar-refractivity contribution in [3.05, 3.63) is 37.7 Å². The van der Waals surface area contributed by atoms with E-state index in [0.29, 0.717) is 46.5 Å². The van der Waals surface area contributed by atoms with Gasteiger partial charge in [0, 0.05) is 38.4 Å². The van der Waals surface area contributed by atoms with E-state index in [1.807, 2.05) is 20.2 Å². The first-order valence-corrected chi connectivity index (χ1v) is 12.6. The number of anilines is 2. The Labute approximate surface area is 213 Å². The van der Waals surface area contributed by atoms with Crippen LogP contribution >= 0.6 is 11.3 Å². The Morgan fingerprint density at radius 3 is 2.69 bits per heavy atom. The summed E-state index contributed by atoms with van der Waals surface area (Å²) in [6, 6.07) is 7.53. The van der Waals surface area contributed by atoms with E-state index in [1.54, 1.807) is 32.0 Å². The Morgan fingerprint density at radius 1 is 1.31 bits per heavy atom. The summed E-state index contributed by atoms with van der Waals surface area (Å²) in [7, 11) is 4.10. The van der Waals surface area contributed by atoms with Crippen LogP contribution in [0.2, 0.25) is 0 Å². The van der Waals surface area contributed by atoms with E-state index in [1.165, 1.54) is 10.8 Å². The van der Waals surface area contributed by atoms with Crippen LogP contribution in [0.1, 0.15) is 20.3 Å². The Hall–Kier alpha value is -3.53. The SMILES string of the molecule is CCNC(=O)C(C#N)=c1sc(=CNc2cccc(NC(=O)CN3CCC(N(C)C)C3)n2)c(=O)n1CC. The van der Waals surface area contributed by atoms with Crippen LogP contribution in [-0.4, -0.2) is 77.5 Å². The van der Waals surface area contributed by atoms with Crippen LogP contribution in [0, 0.1) is 11.3 Å². The number of pyridine rings is 1. The lowest BCUT2D eigenvalue weighted by molar-refractivity contribution is -0.117. The van der Waals surface area contributed by atoms with Gasteiger partial charge in [0.1, 0.15) is 26.9 Å². The molecule has 2 aromatic rings. The van der Waals surface area contributed by atoms with Gasteiger partial charge in [0.25, 0.3) is 11.5 Å². The summed E-state index contributed by atoms with van der Waals surface area (Å²) in [6.45, 7) is 6.26. The number of rotatable bonds is 9. The van der Waals surface area contributed by atoms with Crippen LogP contribution in [0.15, 0.2) is 23.0 Å². The number of likely N-dealkylation sites (N-methyl/N-ethyl adjacent to an activating group) is 1. The van der Waals surface area contributed by atoms with Gasteiger partial charge in [0.05, 0.1) is 6.54 Å². The number of carbonyl (C=O) groups is 2. The first kappa shape index (κ1) is 27.1. The number of thiazole rings is 1. The van der Waals surface area contributed by atoms with Crippen LogP contribution in [0.25, 0.3) is 11.8 Å². The maximum absolute atomic E-state index is 12.8. The molecule has 0 saturated carbocycles. The lowest BCUT2D eigenvalue weighted by atomic mass is 10.2. The largest absolute Gasteiger partial charge is 0.352 e. The van der Waals surface area contributed by atoms with Gasteiger partial charge in [0.15, 0.2) is 5.57 Å². The van der Waals surface area contributed by atoms with Crippen LogP contribution < -0.4 is 30.7 Å². The number of aromatic nitrogens is 2. The fourth-order valence-corrected chi connectivity index (χ4v) is 5.01. The van der Waals surface area contributed by atoms with Crippen LogP contribution in [0.4, 0.5) is 11.6 Å². The van der Waals surface area contributed by atoms with E-state index in [0.717, 1.165) is 30.8 Å². The van der Waals surface area contributed by atoms with E-state index >= 15 is 0 Å².